The van der Waals surface area contributed by atoms with Crippen molar-refractivity contribution in [3.8, 4) is 0 Å². The average Bonchev–Trinajstić information content (AvgIpc) is 2.73. The number of methoxy groups -OCH3 is 1. The van der Waals surface area contributed by atoms with Crippen molar-refractivity contribution < 1.29 is 19.4 Å². The second-order valence-corrected chi connectivity index (χ2v) is 4.13. The molecule has 1 aliphatic heterocycles. The number of aliphatic carboxylic acids is 1. The highest BCUT2D eigenvalue weighted by Gasteiger charge is 2.40. The Balaban J connectivity index is 2.16. The molecule has 1 unspecified atom stereocenters. The lowest BCUT2D eigenvalue weighted by atomic mass is 9.94. The van der Waals surface area contributed by atoms with Gasteiger partial charge in [-0.1, -0.05) is 0 Å². The molecule has 0 bridgehead atoms. The van der Waals surface area contributed by atoms with Crippen LogP contribution in [0.3, 0.4) is 0 Å². The van der Waals surface area contributed by atoms with Crippen LogP contribution in [0.4, 0.5) is 0 Å². The van der Waals surface area contributed by atoms with E-state index in [1.54, 1.807) is 7.11 Å². The predicted molar refractivity (Wildman–Crippen MR) is 59.5 cm³/mol. The average molecular weight is 231 g/mol. The van der Waals surface area contributed by atoms with Gasteiger partial charge in [0.1, 0.15) is 5.54 Å². The smallest absolute Gasteiger partial charge is 0.323 e. The molecule has 1 fully saturated rings. The summed E-state index contributed by atoms with van der Waals surface area (Å²) in [5.74, 6) is -0.759. The maximum atomic E-state index is 11.2. The molecule has 1 aliphatic rings. The Morgan fingerprint density at radius 3 is 2.81 bits per heavy atom. The zero-order chi connectivity index (χ0) is 11.9. The SMILES string of the molecule is COCCCOCCC1(C(=O)O)CCCN1. The van der Waals surface area contributed by atoms with Crippen molar-refractivity contribution in [2.45, 2.75) is 31.2 Å². The summed E-state index contributed by atoms with van der Waals surface area (Å²) >= 11 is 0. The van der Waals surface area contributed by atoms with Crippen LogP contribution in [0.25, 0.3) is 0 Å². The van der Waals surface area contributed by atoms with Crippen molar-refractivity contribution in [1.82, 2.24) is 5.32 Å². The standard InChI is InChI=1S/C11H21NO4/c1-15-7-3-8-16-9-5-11(10(13)14)4-2-6-12-11/h12H,2-9H2,1H3,(H,13,14). The lowest BCUT2D eigenvalue weighted by Crippen LogP contribution is -2.48. The molecule has 0 aromatic rings. The van der Waals surface area contributed by atoms with E-state index >= 15 is 0 Å². The van der Waals surface area contributed by atoms with Crippen molar-refractivity contribution in [3.63, 3.8) is 0 Å². The second-order valence-electron chi connectivity index (χ2n) is 4.13. The van der Waals surface area contributed by atoms with Crippen LogP contribution in [0.1, 0.15) is 25.7 Å². The van der Waals surface area contributed by atoms with E-state index in [9.17, 15) is 4.79 Å². The lowest BCUT2D eigenvalue weighted by molar-refractivity contribution is -0.145. The van der Waals surface area contributed by atoms with Crippen LogP contribution in [0, 0.1) is 0 Å². The summed E-state index contributed by atoms with van der Waals surface area (Å²) in [5.41, 5.74) is -0.749. The molecule has 0 aromatic heterocycles. The van der Waals surface area contributed by atoms with E-state index in [1.165, 1.54) is 0 Å². The Bertz CT molecular complexity index is 214. The molecule has 1 atom stereocenters. The van der Waals surface area contributed by atoms with Gasteiger partial charge in [0.15, 0.2) is 0 Å². The molecule has 1 rings (SSSR count). The Kier molecular flexibility index (Phi) is 5.73. The van der Waals surface area contributed by atoms with Gasteiger partial charge in [-0.05, 0) is 32.2 Å². The molecule has 0 amide bonds. The van der Waals surface area contributed by atoms with E-state index in [1.807, 2.05) is 0 Å². The molecule has 2 N–H and O–H groups in total. The van der Waals surface area contributed by atoms with Crippen molar-refractivity contribution in [3.05, 3.63) is 0 Å². The van der Waals surface area contributed by atoms with E-state index in [4.69, 9.17) is 14.6 Å². The molecule has 0 aromatic carbocycles. The summed E-state index contributed by atoms with van der Waals surface area (Å²) in [6.45, 7) is 2.59. The van der Waals surface area contributed by atoms with Crippen LogP contribution in [0.5, 0.6) is 0 Å². The molecule has 1 saturated heterocycles. The minimum absolute atomic E-state index is 0.489. The minimum Gasteiger partial charge on any atom is -0.480 e. The molecule has 0 aliphatic carbocycles. The Morgan fingerprint density at radius 1 is 1.44 bits per heavy atom. The van der Waals surface area contributed by atoms with Crippen LogP contribution in [0.15, 0.2) is 0 Å². The van der Waals surface area contributed by atoms with Crippen LogP contribution < -0.4 is 5.32 Å². The third-order valence-electron chi connectivity index (χ3n) is 2.96. The largest absolute Gasteiger partial charge is 0.480 e. The lowest BCUT2D eigenvalue weighted by Gasteiger charge is -2.24. The number of carboxylic acid groups (broad SMARTS) is 1. The molecule has 0 radical (unpaired) electrons. The number of hydrogen-bond acceptors (Lipinski definition) is 4. The zero-order valence-electron chi connectivity index (χ0n) is 9.83. The summed E-state index contributed by atoms with van der Waals surface area (Å²) in [6, 6.07) is 0. The maximum Gasteiger partial charge on any atom is 0.323 e. The fraction of sp³-hybridized carbons (Fsp3) is 0.909. The van der Waals surface area contributed by atoms with Crippen LogP contribution >= 0.6 is 0 Å². The van der Waals surface area contributed by atoms with E-state index in [0.717, 1.165) is 19.4 Å². The first-order valence-electron chi connectivity index (χ1n) is 5.76. The highest BCUT2D eigenvalue weighted by Crippen LogP contribution is 2.23. The topological polar surface area (TPSA) is 67.8 Å². The van der Waals surface area contributed by atoms with Gasteiger partial charge >= 0.3 is 5.97 Å². The van der Waals surface area contributed by atoms with Gasteiger partial charge in [-0.2, -0.15) is 0 Å². The van der Waals surface area contributed by atoms with Crippen molar-refractivity contribution in [1.29, 1.82) is 0 Å². The maximum absolute atomic E-state index is 11.2. The Hall–Kier alpha value is -0.650. The first kappa shape index (κ1) is 13.4. The summed E-state index contributed by atoms with van der Waals surface area (Å²) in [6.07, 6.45) is 3.01. The summed E-state index contributed by atoms with van der Waals surface area (Å²) < 4.78 is 10.3. The summed E-state index contributed by atoms with van der Waals surface area (Å²) in [7, 11) is 1.65. The quantitative estimate of drug-likeness (QED) is 0.600. The molecule has 0 saturated carbocycles. The van der Waals surface area contributed by atoms with Gasteiger partial charge in [-0.25, -0.2) is 0 Å². The molecule has 0 spiro atoms. The second kappa shape index (κ2) is 6.83. The van der Waals surface area contributed by atoms with E-state index in [0.29, 0.717) is 32.7 Å². The number of hydrogen-bond donors (Lipinski definition) is 2. The molecule has 16 heavy (non-hydrogen) atoms. The third-order valence-corrected chi connectivity index (χ3v) is 2.96. The van der Waals surface area contributed by atoms with Gasteiger partial charge in [0.05, 0.1) is 0 Å². The Morgan fingerprint density at radius 2 is 2.25 bits per heavy atom. The number of rotatable bonds is 8. The minimum atomic E-state index is -0.759. The molecular weight excluding hydrogens is 210 g/mol. The first-order valence-corrected chi connectivity index (χ1v) is 5.76. The number of carboxylic acids is 1. The molecule has 94 valence electrons. The summed E-state index contributed by atoms with van der Waals surface area (Å²) in [4.78, 5) is 11.2. The van der Waals surface area contributed by atoms with Gasteiger partial charge in [0.25, 0.3) is 0 Å². The fourth-order valence-electron chi connectivity index (χ4n) is 1.96. The number of carbonyl (C=O) groups is 1. The molecular formula is C11H21NO4. The van der Waals surface area contributed by atoms with E-state index in [2.05, 4.69) is 5.32 Å². The van der Waals surface area contributed by atoms with Crippen LogP contribution in [-0.4, -0.2) is 50.1 Å². The van der Waals surface area contributed by atoms with Crippen molar-refractivity contribution in [2.75, 3.05) is 33.5 Å². The van der Waals surface area contributed by atoms with Gasteiger partial charge < -0.3 is 19.9 Å². The van der Waals surface area contributed by atoms with Crippen molar-refractivity contribution >= 4 is 5.97 Å². The molecule has 5 nitrogen and oxygen atoms in total. The van der Waals surface area contributed by atoms with Gasteiger partial charge in [0.2, 0.25) is 0 Å². The normalized spacial score (nSPS) is 24.8. The number of ether oxygens (including phenoxy) is 2. The monoisotopic (exact) mass is 231 g/mol. The van der Waals surface area contributed by atoms with Gasteiger partial charge in [0, 0.05) is 26.9 Å². The number of nitrogens with one attached hydrogen (secondary N) is 1. The van der Waals surface area contributed by atoms with Gasteiger partial charge in [-0.15, -0.1) is 0 Å². The first-order chi connectivity index (χ1) is 7.71. The highest BCUT2D eigenvalue weighted by molar-refractivity contribution is 5.79. The highest BCUT2D eigenvalue weighted by atomic mass is 16.5. The Labute approximate surface area is 96.1 Å². The van der Waals surface area contributed by atoms with E-state index in [-0.39, 0.29) is 0 Å². The van der Waals surface area contributed by atoms with E-state index < -0.39 is 11.5 Å². The fourth-order valence-corrected chi connectivity index (χ4v) is 1.96. The van der Waals surface area contributed by atoms with Crippen molar-refractivity contribution in [2.24, 2.45) is 0 Å². The van der Waals surface area contributed by atoms with Gasteiger partial charge in [-0.3, -0.25) is 4.79 Å². The predicted octanol–water partition coefficient (Wildman–Crippen LogP) is 0.636. The molecule has 5 heteroatoms. The van der Waals surface area contributed by atoms with Crippen LogP contribution in [0.2, 0.25) is 0 Å². The third kappa shape index (κ3) is 3.73. The molecule has 1 heterocycles. The van der Waals surface area contributed by atoms with Crippen LogP contribution in [-0.2, 0) is 14.3 Å². The zero-order valence-corrected chi connectivity index (χ0v) is 9.83. The summed E-state index contributed by atoms with van der Waals surface area (Å²) in [5, 5.41) is 12.2.